The Morgan fingerprint density at radius 1 is 0.534 bits per heavy atom. The largest absolute Gasteiger partial charge is 0.481 e. The minimum atomic E-state index is -1.36. The highest BCUT2D eigenvalue weighted by molar-refractivity contribution is 5.81. The summed E-state index contributed by atoms with van der Waals surface area (Å²) in [6.45, 7) is 3.38. The summed E-state index contributed by atoms with van der Waals surface area (Å²) in [4.78, 5) is 45.9. The fraction of sp³-hybridized carbons (Fsp3) is 0.833. The standard InChI is InChI=1S/C48H87NO9/c1-48(2,41-50)46(56)47(57)49-39-38-45(55)58-40-42(35-31-27-23-19-15-11-7-5-9-13-17-21-25-29-33-37-44(53)54)34-30-26-22-18-14-10-6-3-4-8-12-16-20-24-28-32-36-43(51)52/h4-5,8-9,42,46,50,56H,3,6-7,10-41H2,1-2H3,(H,49,57)(H,51,52)(H,53,54)/b8-4-,9-5-. The summed E-state index contributed by atoms with van der Waals surface area (Å²) >= 11 is 0. The third kappa shape index (κ3) is 37.5. The Kier molecular flexibility index (Phi) is 37.9. The molecule has 0 aliphatic rings. The Morgan fingerprint density at radius 2 is 0.879 bits per heavy atom. The molecule has 1 amide bonds. The second-order valence-electron chi connectivity index (χ2n) is 17.2. The molecule has 10 nitrogen and oxygen atoms in total. The van der Waals surface area contributed by atoms with E-state index in [-0.39, 0.29) is 38.4 Å². The molecule has 0 aromatic rings. The van der Waals surface area contributed by atoms with E-state index in [1.807, 2.05) is 0 Å². The highest BCUT2D eigenvalue weighted by atomic mass is 16.5. The van der Waals surface area contributed by atoms with Gasteiger partial charge in [-0.1, -0.05) is 147 Å². The monoisotopic (exact) mass is 822 g/mol. The molecule has 0 aliphatic carbocycles. The Balaban J connectivity index is 4.27. The van der Waals surface area contributed by atoms with Crippen LogP contribution in [0.3, 0.4) is 0 Å². The van der Waals surface area contributed by atoms with Gasteiger partial charge >= 0.3 is 17.9 Å². The number of carbonyl (C=O) groups is 4. The number of carbonyl (C=O) groups excluding carboxylic acids is 2. The predicted octanol–water partition coefficient (Wildman–Crippen LogP) is 11.4. The van der Waals surface area contributed by atoms with Gasteiger partial charge in [-0.05, 0) is 83.0 Å². The van der Waals surface area contributed by atoms with Gasteiger partial charge in [0.25, 0.3) is 0 Å². The van der Waals surface area contributed by atoms with Crippen LogP contribution >= 0.6 is 0 Å². The number of carboxylic acids is 2. The lowest BCUT2D eigenvalue weighted by molar-refractivity contribution is -0.145. The van der Waals surface area contributed by atoms with E-state index in [0.29, 0.717) is 12.5 Å². The number of esters is 1. The molecule has 2 atom stereocenters. The van der Waals surface area contributed by atoms with Gasteiger partial charge in [0, 0.05) is 24.8 Å². The zero-order chi connectivity index (χ0) is 43.0. The molecule has 0 spiro atoms. The van der Waals surface area contributed by atoms with Gasteiger partial charge in [-0.15, -0.1) is 0 Å². The van der Waals surface area contributed by atoms with Crippen molar-refractivity contribution < 1.29 is 44.3 Å². The molecule has 0 fully saturated rings. The average Bonchev–Trinajstić information content (AvgIpc) is 3.19. The van der Waals surface area contributed by atoms with Crippen molar-refractivity contribution in [1.29, 1.82) is 0 Å². The Morgan fingerprint density at radius 3 is 1.24 bits per heavy atom. The number of aliphatic hydroxyl groups is 2. The predicted molar refractivity (Wildman–Crippen MR) is 236 cm³/mol. The van der Waals surface area contributed by atoms with Crippen LogP contribution in [0.2, 0.25) is 0 Å². The zero-order valence-corrected chi connectivity index (χ0v) is 37.0. The van der Waals surface area contributed by atoms with E-state index >= 15 is 0 Å². The van der Waals surface area contributed by atoms with Crippen LogP contribution in [0.1, 0.15) is 219 Å². The molecule has 0 rings (SSSR count). The van der Waals surface area contributed by atoms with Gasteiger partial charge in [0.15, 0.2) is 0 Å². The molecule has 58 heavy (non-hydrogen) atoms. The molecule has 0 saturated carbocycles. The molecule has 5 N–H and O–H groups in total. The second kappa shape index (κ2) is 39.7. The van der Waals surface area contributed by atoms with Gasteiger partial charge in [-0.25, -0.2) is 0 Å². The van der Waals surface area contributed by atoms with Crippen LogP contribution in [-0.2, 0) is 23.9 Å². The summed E-state index contributed by atoms with van der Waals surface area (Å²) in [5.74, 6) is -2.00. The molecule has 0 aliphatic heterocycles. The SMILES string of the molecule is CC(C)(CO)C(O)C(=O)NCCC(=O)OCC(CCCCCCCC/C=C\CCCCCCCC(=O)O)CCCCCCCCC/C=C\CCCCCCCC(=O)O. The minimum Gasteiger partial charge on any atom is -0.481 e. The molecule has 0 heterocycles. The first-order chi connectivity index (χ1) is 28.0. The summed E-state index contributed by atoms with van der Waals surface area (Å²) < 4.78 is 5.67. The second-order valence-corrected chi connectivity index (χ2v) is 17.2. The first-order valence-corrected chi connectivity index (χ1v) is 23.5. The van der Waals surface area contributed by atoms with Crippen LogP contribution in [-0.4, -0.2) is 70.1 Å². The summed E-state index contributed by atoms with van der Waals surface area (Å²) in [6, 6.07) is 0. The van der Waals surface area contributed by atoms with Gasteiger partial charge in [-0.3, -0.25) is 19.2 Å². The number of hydrogen-bond acceptors (Lipinski definition) is 7. The third-order valence-corrected chi connectivity index (χ3v) is 11.1. The quantitative estimate of drug-likeness (QED) is 0.0228. The zero-order valence-electron chi connectivity index (χ0n) is 37.0. The normalized spacial score (nSPS) is 13.0. The number of rotatable bonds is 43. The first kappa shape index (κ1) is 55.3. The Hall–Kier alpha value is -2.72. The van der Waals surface area contributed by atoms with Crippen LogP contribution in [0.5, 0.6) is 0 Å². The molecule has 0 bridgehead atoms. The van der Waals surface area contributed by atoms with Crippen molar-refractivity contribution in [3.8, 4) is 0 Å². The van der Waals surface area contributed by atoms with Gasteiger partial charge in [-0.2, -0.15) is 0 Å². The van der Waals surface area contributed by atoms with Crippen molar-refractivity contribution in [3.05, 3.63) is 24.3 Å². The van der Waals surface area contributed by atoms with Gasteiger partial charge in [0.2, 0.25) is 5.91 Å². The Bertz CT molecular complexity index is 1070. The summed E-state index contributed by atoms with van der Waals surface area (Å²) in [6.07, 6.45) is 41.6. The van der Waals surface area contributed by atoms with Crippen molar-refractivity contribution in [2.45, 2.75) is 225 Å². The number of aliphatic carboxylic acids is 2. The number of unbranched alkanes of at least 4 members (excludes halogenated alkanes) is 23. The third-order valence-electron chi connectivity index (χ3n) is 11.1. The van der Waals surface area contributed by atoms with Crippen LogP contribution in [0.4, 0.5) is 0 Å². The van der Waals surface area contributed by atoms with E-state index in [0.717, 1.165) is 89.9 Å². The minimum absolute atomic E-state index is 0.0451. The van der Waals surface area contributed by atoms with E-state index in [1.165, 1.54) is 96.3 Å². The van der Waals surface area contributed by atoms with Crippen LogP contribution in [0, 0.1) is 11.3 Å². The van der Waals surface area contributed by atoms with E-state index in [9.17, 15) is 29.4 Å². The highest BCUT2D eigenvalue weighted by Crippen LogP contribution is 2.22. The Labute approximate surface area is 353 Å². The van der Waals surface area contributed by atoms with Crippen molar-refractivity contribution in [2.75, 3.05) is 19.8 Å². The number of hydrogen-bond donors (Lipinski definition) is 5. The maximum atomic E-state index is 12.5. The van der Waals surface area contributed by atoms with Crippen LogP contribution in [0.25, 0.3) is 0 Å². The maximum Gasteiger partial charge on any atom is 0.307 e. The number of amides is 1. The number of ether oxygens (including phenoxy) is 1. The van der Waals surface area contributed by atoms with E-state index in [2.05, 4.69) is 29.6 Å². The number of carboxylic acid groups (broad SMARTS) is 2. The molecule has 0 aromatic carbocycles. The van der Waals surface area contributed by atoms with Gasteiger partial charge in [0.05, 0.1) is 19.6 Å². The first-order valence-electron chi connectivity index (χ1n) is 23.5. The number of allylic oxidation sites excluding steroid dienone is 4. The molecule has 0 aromatic heterocycles. The van der Waals surface area contributed by atoms with E-state index in [1.54, 1.807) is 13.8 Å². The molecule has 0 radical (unpaired) electrons. The molecule has 10 heteroatoms. The topological polar surface area (TPSA) is 170 Å². The highest BCUT2D eigenvalue weighted by Gasteiger charge is 2.32. The van der Waals surface area contributed by atoms with Crippen molar-refractivity contribution in [2.24, 2.45) is 11.3 Å². The lowest BCUT2D eigenvalue weighted by Crippen LogP contribution is -2.46. The molecular weight excluding hydrogens is 735 g/mol. The molecule has 0 saturated heterocycles. The lowest BCUT2D eigenvalue weighted by atomic mass is 9.87. The number of aliphatic hydroxyl groups excluding tert-OH is 2. The van der Waals surface area contributed by atoms with E-state index in [4.69, 9.17) is 14.9 Å². The van der Waals surface area contributed by atoms with Crippen molar-refractivity contribution in [3.63, 3.8) is 0 Å². The maximum absolute atomic E-state index is 12.5. The molecule has 338 valence electrons. The van der Waals surface area contributed by atoms with Crippen molar-refractivity contribution >= 4 is 23.8 Å². The van der Waals surface area contributed by atoms with Gasteiger partial charge in [0.1, 0.15) is 6.10 Å². The summed E-state index contributed by atoms with van der Waals surface area (Å²) in [5, 5.41) is 39.6. The molecular formula is C48H87NO9. The van der Waals surface area contributed by atoms with Crippen LogP contribution in [0.15, 0.2) is 24.3 Å². The summed E-state index contributed by atoms with van der Waals surface area (Å²) in [7, 11) is 0. The number of nitrogens with one attached hydrogen (secondary N) is 1. The molecule has 2 unspecified atom stereocenters. The van der Waals surface area contributed by atoms with E-state index < -0.39 is 29.4 Å². The average molecular weight is 822 g/mol. The lowest BCUT2D eigenvalue weighted by Gasteiger charge is -2.27. The van der Waals surface area contributed by atoms with Crippen LogP contribution < -0.4 is 5.32 Å². The summed E-state index contributed by atoms with van der Waals surface area (Å²) in [5.41, 5.74) is -0.962. The van der Waals surface area contributed by atoms with Gasteiger partial charge < -0.3 is 30.5 Å². The fourth-order valence-electron chi connectivity index (χ4n) is 7.01. The fourth-order valence-corrected chi connectivity index (χ4v) is 7.01. The smallest absolute Gasteiger partial charge is 0.307 e. The van der Waals surface area contributed by atoms with Crippen molar-refractivity contribution in [1.82, 2.24) is 5.32 Å².